The van der Waals surface area contributed by atoms with Crippen molar-refractivity contribution < 1.29 is 19.2 Å². The van der Waals surface area contributed by atoms with E-state index in [2.05, 4.69) is 15.6 Å². The summed E-state index contributed by atoms with van der Waals surface area (Å²) in [6.45, 7) is 7.91. The zero-order valence-corrected chi connectivity index (χ0v) is 21.3. The van der Waals surface area contributed by atoms with Crippen molar-refractivity contribution in [1.29, 1.82) is 0 Å². The lowest BCUT2D eigenvalue weighted by atomic mass is 9.77. The number of nitrogens with zero attached hydrogens (tertiary/aromatic N) is 1. The van der Waals surface area contributed by atoms with Crippen molar-refractivity contribution >= 4 is 46.0 Å². The Labute approximate surface area is 210 Å². The molecule has 1 saturated carbocycles. The molecule has 3 amide bonds. The first-order valence-corrected chi connectivity index (χ1v) is 12.7. The van der Waals surface area contributed by atoms with E-state index in [0.717, 1.165) is 23.7 Å². The minimum Gasteiger partial charge on any atom is -0.351 e. The maximum absolute atomic E-state index is 13.8. The van der Waals surface area contributed by atoms with E-state index in [1.54, 1.807) is 17.9 Å². The van der Waals surface area contributed by atoms with Crippen LogP contribution in [0.3, 0.4) is 0 Å². The van der Waals surface area contributed by atoms with Crippen molar-refractivity contribution in [3.8, 4) is 0 Å². The minimum atomic E-state index is -0.762. The molecule has 1 aromatic carbocycles. The standard InChI is InChI=1S/C26H33ClN4O4/c1-14-13-31(22(26(14,3)4)24(34)28-15(2)20(32)12-27)25(35)21(16-9-10-16)30-23(33)19-11-17-7-5-6-8-18(17)29-19/h5-8,11,14-16,21-22,29H,9-10,12-13H2,1-4H3,(H,28,34)(H,30,33)/t14-,15?,21?,22-/m1/s1. The molecule has 0 bridgehead atoms. The third-order valence-corrected chi connectivity index (χ3v) is 7.95. The van der Waals surface area contributed by atoms with E-state index in [4.69, 9.17) is 11.6 Å². The van der Waals surface area contributed by atoms with E-state index in [-0.39, 0.29) is 41.2 Å². The quantitative estimate of drug-likeness (QED) is 0.484. The second-order valence-corrected chi connectivity index (χ2v) is 10.8. The third kappa shape index (κ3) is 4.94. The molecular formula is C26H33ClN4O4. The summed E-state index contributed by atoms with van der Waals surface area (Å²) < 4.78 is 0. The van der Waals surface area contributed by atoms with Gasteiger partial charge in [0.15, 0.2) is 5.78 Å². The van der Waals surface area contributed by atoms with Crippen LogP contribution in [0.4, 0.5) is 0 Å². The smallest absolute Gasteiger partial charge is 0.268 e. The predicted molar refractivity (Wildman–Crippen MR) is 134 cm³/mol. The highest BCUT2D eigenvalue weighted by atomic mass is 35.5. The molecule has 1 aromatic heterocycles. The lowest BCUT2D eigenvalue weighted by molar-refractivity contribution is -0.143. The molecule has 4 atom stereocenters. The van der Waals surface area contributed by atoms with E-state index in [1.807, 2.05) is 45.0 Å². The van der Waals surface area contributed by atoms with Gasteiger partial charge in [0.25, 0.3) is 5.91 Å². The van der Waals surface area contributed by atoms with Crippen LogP contribution in [0.15, 0.2) is 30.3 Å². The molecule has 188 valence electrons. The summed E-state index contributed by atoms with van der Waals surface area (Å²) in [7, 11) is 0. The van der Waals surface area contributed by atoms with E-state index >= 15 is 0 Å². The highest BCUT2D eigenvalue weighted by molar-refractivity contribution is 6.28. The lowest BCUT2D eigenvalue weighted by Gasteiger charge is -2.35. The highest BCUT2D eigenvalue weighted by Gasteiger charge is 2.54. The van der Waals surface area contributed by atoms with Crippen molar-refractivity contribution in [2.75, 3.05) is 12.4 Å². The Bertz CT molecular complexity index is 1120. The van der Waals surface area contributed by atoms with Crippen LogP contribution in [0.2, 0.25) is 0 Å². The number of ketones is 1. The van der Waals surface area contributed by atoms with Crippen molar-refractivity contribution in [3.63, 3.8) is 0 Å². The molecule has 0 radical (unpaired) electrons. The van der Waals surface area contributed by atoms with Crippen LogP contribution in [0, 0.1) is 17.3 Å². The first-order valence-electron chi connectivity index (χ1n) is 12.1. The number of aromatic amines is 1. The van der Waals surface area contributed by atoms with Gasteiger partial charge in [-0.15, -0.1) is 11.6 Å². The molecule has 3 N–H and O–H groups in total. The number of carbonyl (C=O) groups excluding carboxylic acids is 4. The number of rotatable bonds is 8. The number of alkyl halides is 1. The molecule has 1 aliphatic carbocycles. The van der Waals surface area contributed by atoms with Crippen LogP contribution in [-0.4, -0.2) is 63.9 Å². The molecule has 9 heteroatoms. The van der Waals surface area contributed by atoms with Crippen molar-refractivity contribution in [2.24, 2.45) is 17.3 Å². The Kier molecular flexibility index (Phi) is 6.95. The predicted octanol–water partition coefficient (Wildman–Crippen LogP) is 2.86. The summed E-state index contributed by atoms with van der Waals surface area (Å²) in [5, 5.41) is 6.59. The van der Waals surface area contributed by atoms with Crippen LogP contribution in [-0.2, 0) is 14.4 Å². The number of hydrogen-bond acceptors (Lipinski definition) is 4. The van der Waals surface area contributed by atoms with E-state index in [1.165, 1.54) is 0 Å². The Morgan fingerprint density at radius 2 is 1.86 bits per heavy atom. The molecule has 1 saturated heterocycles. The Morgan fingerprint density at radius 3 is 2.49 bits per heavy atom. The maximum atomic E-state index is 13.8. The second kappa shape index (κ2) is 9.64. The monoisotopic (exact) mass is 500 g/mol. The van der Waals surface area contributed by atoms with Crippen LogP contribution in [0.5, 0.6) is 0 Å². The molecule has 0 spiro atoms. The maximum Gasteiger partial charge on any atom is 0.268 e. The first-order chi connectivity index (χ1) is 16.5. The summed E-state index contributed by atoms with van der Waals surface area (Å²) in [5.41, 5.74) is 0.723. The highest BCUT2D eigenvalue weighted by Crippen LogP contribution is 2.43. The average Bonchev–Trinajstić information content (AvgIpc) is 3.51. The molecule has 1 aliphatic heterocycles. The average molecular weight is 501 g/mol. The van der Waals surface area contributed by atoms with Gasteiger partial charge in [-0.2, -0.15) is 0 Å². The van der Waals surface area contributed by atoms with Crippen molar-refractivity contribution in [1.82, 2.24) is 20.5 Å². The number of likely N-dealkylation sites (tertiary alicyclic amines) is 1. The van der Waals surface area contributed by atoms with Crippen LogP contribution in [0.25, 0.3) is 10.9 Å². The number of hydrogen-bond donors (Lipinski definition) is 3. The van der Waals surface area contributed by atoms with Gasteiger partial charge in [0.05, 0.1) is 11.9 Å². The molecular weight excluding hydrogens is 468 g/mol. The van der Waals surface area contributed by atoms with E-state index in [0.29, 0.717) is 12.2 Å². The minimum absolute atomic E-state index is 0.0373. The number of carbonyl (C=O) groups is 4. The fourth-order valence-electron chi connectivity index (χ4n) is 4.90. The molecule has 2 unspecified atom stereocenters. The number of para-hydroxylation sites is 1. The summed E-state index contributed by atoms with van der Waals surface area (Å²) in [6, 6.07) is 7.14. The van der Waals surface area contributed by atoms with Gasteiger partial charge in [-0.25, -0.2) is 0 Å². The van der Waals surface area contributed by atoms with Gasteiger partial charge in [0.1, 0.15) is 17.8 Å². The SMILES string of the molecule is CC(NC(=O)[C@H]1N(C(=O)C(NC(=O)c2cc3ccccc3[nH]2)C2CC2)C[C@@H](C)C1(C)C)C(=O)CCl. The van der Waals surface area contributed by atoms with Crippen molar-refractivity contribution in [2.45, 2.75) is 58.7 Å². The van der Waals surface area contributed by atoms with Gasteiger partial charge in [-0.3, -0.25) is 19.2 Å². The first kappa shape index (κ1) is 25.2. The van der Waals surface area contributed by atoms with E-state index in [9.17, 15) is 19.2 Å². The van der Waals surface area contributed by atoms with E-state index < -0.39 is 23.5 Å². The topological polar surface area (TPSA) is 111 Å². The fourth-order valence-corrected chi connectivity index (χ4v) is 5.13. The molecule has 2 heterocycles. The van der Waals surface area contributed by atoms with Gasteiger partial charge >= 0.3 is 0 Å². The van der Waals surface area contributed by atoms with Gasteiger partial charge in [0.2, 0.25) is 11.8 Å². The van der Waals surface area contributed by atoms with Crippen LogP contribution < -0.4 is 10.6 Å². The molecule has 2 fully saturated rings. The number of amides is 3. The van der Waals surface area contributed by atoms with Crippen LogP contribution >= 0.6 is 11.6 Å². The summed E-state index contributed by atoms with van der Waals surface area (Å²) in [4.78, 5) is 56.9. The zero-order valence-electron chi connectivity index (χ0n) is 20.6. The molecule has 35 heavy (non-hydrogen) atoms. The number of aromatic nitrogens is 1. The summed E-state index contributed by atoms with van der Waals surface area (Å²) >= 11 is 5.65. The third-order valence-electron chi connectivity index (χ3n) is 7.68. The summed E-state index contributed by atoms with van der Waals surface area (Å²) in [5.74, 6) is -1.39. The summed E-state index contributed by atoms with van der Waals surface area (Å²) in [6.07, 6.45) is 1.68. The number of nitrogens with one attached hydrogen (secondary N) is 3. The number of fused-ring (bicyclic) bond motifs is 1. The molecule has 2 aliphatic rings. The normalized spacial score (nSPS) is 23.1. The van der Waals surface area contributed by atoms with Gasteiger partial charge in [0, 0.05) is 17.4 Å². The number of halogens is 1. The van der Waals surface area contributed by atoms with Crippen molar-refractivity contribution in [3.05, 3.63) is 36.0 Å². The Morgan fingerprint density at radius 1 is 1.17 bits per heavy atom. The number of Topliss-reactive ketones (excluding diaryl/α,β-unsaturated/α-hetero) is 1. The molecule has 4 rings (SSSR count). The van der Waals surface area contributed by atoms with Crippen LogP contribution in [0.1, 0.15) is 51.0 Å². The number of H-pyrrole nitrogens is 1. The molecule has 8 nitrogen and oxygen atoms in total. The Hall–Kier alpha value is -2.87. The Balaban J connectivity index is 1.55. The zero-order chi connectivity index (χ0) is 25.5. The second-order valence-electron chi connectivity index (χ2n) is 10.5. The number of benzene rings is 1. The van der Waals surface area contributed by atoms with Gasteiger partial charge in [-0.05, 0) is 49.1 Å². The lowest BCUT2D eigenvalue weighted by Crippen LogP contribution is -2.58. The molecule has 2 aromatic rings. The largest absolute Gasteiger partial charge is 0.351 e. The van der Waals surface area contributed by atoms with Gasteiger partial charge < -0.3 is 20.5 Å². The fraction of sp³-hybridized carbons (Fsp3) is 0.538. The van der Waals surface area contributed by atoms with Gasteiger partial charge in [-0.1, -0.05) is 39.0 Å².